The lowest BCUT2D eigenvalue weighted by molar-refractivity contribution is 0.00746. The normalized spacial score (nSPS) is 30.1. The lowest BCUT2D eigenvalue weighted by Crippen LogP contribution is -2.58. The van der Waals surface area contributed by atoms with Crippen LogP contribution in [0.2, 0.25) is 44.3 Å². The van der Waals surface area contributed by atoms with Crippen molar-refractivity contribution in [2.45, 2.75) is 87.9 Å². The van der Waals surface area contributed by atoms with Crippen molar-refractivity contribution >= 4 is 54.2 Å². The molecule has 0 aromatic carbocycles. The zero-order valence-corrected chi connectivity index (χ0v) is 24.9. The largest absolute Gasteiger partial charge is 0.415 e. The number of fused-ring (bicyclic) bond motifs is 2. The standard InChI is InChI=1S/C20H37N5O4SSi3/c1-20(2,3)31(4,5)27-16-15-13(10-26-32(6,7)29-33(8,9)28-15)30-19(16)25-12-24-14-17(21)22-11-23-18(14)25/h11-13,15-16,19H,10H2,1-9H3,(H2,21,22,23)/t13-,15-,16-,19-/m1/s1. The van der Waals surface area contributed by atoms with Crippen LogP contribution in [0.25, 0.3) is 11.2 Å². The molecule has 0 aliphatic carbocycles. The Morgan fingerprint density at radius 1 is 1.15 bits per heavy atom. The van der Waals surface area contributed by atoms with E-state index in [2.05, 4.69) is 79.6 Å². The van der Waals surface area contributed by atoms with Gasteiger partial charge in [0, 0.05) is 0 Å². The highest BCUT2D eigenvalue weighted by atomic mass is 32.2. The summed E-state index contributed by atoms with van der Waals surface area (Å²) < 4.78 is 28.8. The van der Waals surface area contributed by atoms with Gasteiger partial charge in [0.1, 0.15) is 23.3 Å². The molecule has 0 amide bonds. The van der Waals surface area contributed by atoms with E-state index in [4.69, 9.17) is 23.1 Å². The molecule has 184 valence electrons. The molecule has 2 aliphatic heterocycles. The lowest BCUT2D eigenvalue weighted by atomic mass is 10.1. The smallest absolute Gasteiger partial charge is 0.323 e. The Bertz CT molecular complexity index is 1030. The topological polar surface area (TPSA) is 107 Å². The maximum atomic E-state index is 7.08. The predicted molar refractivity (Wildman–Crippen MR) is 139 cm³/mol. The molecule has 4 atom stereocenters. The van der Waals surface area contributed by atoms with Crippen LogP contribution in [-0.2, 0) is 17.4 Å². The van der Waals surface area contributed by atoms with Gasteiger partial charge in [-0.05, 0) is 44.3 Å². The predicted octanol–water partition coefficient (Wildman–Crippen LogP) is 4.25. The number of aromatic nitrogens is 4. The van der Waals surface area contributed by atoms with E-state index in [1.165, 1.54) is 6.33 Å². The first-order valence-corrected chi connectivity index (χ1v) is 20.9. The van der Waals surface area contributed by atoms with E-state index in [0.29, 0.717) is 23.6 Å². The Labute approximate surface area is 203 Å². The van der Waals surface area contributed by atoms with E-state index in [9.17, 15) is 0 Å². The number of nitrogens with two attached hydrogens (primary N) is 1. The van der Waals surface area contributed by atoms with Crippen LogP contribution < -0.4 is 5.73 Å². The van der Waals surface area contributed by atoms with Crippen molar-refractivity contribution in [3.8, 4) is 0 Å². The Kier molecular flexibility index (Phi) is 6.43. The summed E-state index contributed by atoms with van der Waals surface area (Å²) >= 11 is 1.81. The summed E-state index contributed by atoms with van der Waals surface area (Å²) in [6.45, 7) is 20.3. The number of anilines is 1. The van der Waals surface area contributed by atoms with Gasteiger partial charge < -0.3 is 23.1 Å². The van der Waals surface area contributed by atoms with Gasteiger partial charge in [-0.15, -0.1) is 11.8 Å². The highest BCUT2D eigenvalue weighted by Gasteiger charge is 2.55. The highest BCUT2D eigenvalue weighted by Crippen LogP contribution is 2.50. The van der Waals surface area contributed by atoms with Gasteiger partial charge in [0.15, 0.2) is 19.8 Å². The molecule has 2 N–H and O–H groups in total. The zero-order valence-electron chi connectivity index (χ0n) is 21.1. The third-order valence-electron chi connectivity index (χ3n) is 6.69. The van der Waals surface area contributed by atoms with Crippen molar-refractivity contribution in [3.63, 3.8) is 0 Å². The summed E-state index contributed by atoms with van der Waals surface area (Å²) in [6.07, 6.45) is 2.93. The average molecular weight is 528 g/mol. The number of nitrogens with zero attached hydrogens (tertiary/aromatic N) is 4. The van der Waals surface area contributed by atoms with Gasteiger partial charge in [0.05, 0.1) is 24.3 Å². The monoisotopic (exact) mass is 527 g/mol. The van der Waals surface area contributed by atoms with Gasteiger partial charge in [0.25, 0.3) is 0 Å². The molecule has 4 heterocycles. The highest BCUT2D eigenvalue weighted by molar-refractivity contribution is 8.00. The molecule has 0 spiro atoms. The second-order valence-electron chi connectivity index (χ2n) is 11.3. The van der Waals surface area contributed by atoms with E-state index >= 15 is 0 Å². The summed E-state index contributed by atoms with van der Waals surface area (Å²) in [5.41, 5.74) is 7.39. The third kappa shape index (κ3) is 4.96. The first kappa shape index (κ1) is 25.3. The van der Waals surface area contributed by atoms with Gasteiger partial charge in [-0.1, -0.05) is 20.8 Å². The minimum absolute atomic E-state index is 0.0559. The van der Waals surface area contributed by atoms with Crippen LogP contribution >= 0.6 is 11.8 Å². The van der Waals surface area contributed by atoms with Crippen LogP contribution in [0, 0.1) is 0 Å². The summed E-state index contributed by atoms with van der Waals surface area (Å²) in [4.78, 5) is 13.1. The summed E-state index contributed by atoms with van der Waals surface area (Å²) in [5, 5.41) is 0.0916. The molecule has 9 nitrogen and oxygen atoms in total. The Hall–Kier alpha value is -0.809. The minimum atomic E-state index is -2.45. The SMILES string of the molecule is CC(C)(C)[Si](C)(C)O[C@@H]1[C@@H]2O[Si](C)(C)O[Si](C)(C)OC[C@H]2S[C@H]1n1cnc2c(N)ncnc21. The number of rotatable bonds is 3. The van der Waals surface area contributed by atoms with Gasteiger partial charge >= 0.3 is 17.1 Å². The zero-order chi connectivity index (χ0) is 24.4. The van der Waals surface area contributed by atoms with E-state index in [1.807, 2.05) is 11.8 Å². The lowest BCUT2D eigenvalue weighted by Gasteiger charge is -2.44. The molecule has 2 aliphatic rings. The molecule has 2 fully saturated rings. The van der Waals surface area contributed by atoms with E-state index < -0.39 is 25.4 Å². The van der Waals surface area contributed by atoms with Gasteiger partial charge in [-0.2, -0.15) is 0 Å². The molecule has 2 aromatic heterocycles. The molecule has 13 heteroatoms. The molecular weight excluding hydrogens is 491 g/mol. The first-order valence-electron chi connectivity index (χ1n) is 11.4. The van der Waals surface area contributed by atoms with Crippen LogP contribution in [0.5, 0.6) is 0 Å². The van der Waals surface area contributed by atoms with E-state index in [1.54, 1.807) is 6.33 Å². The van der Waals surface area contributed by atoms with Gasteiger partial charge in [-0.25, -0.2) is 15.0 Å². The Balaban J connectivity index is 1.78. The summed E-state index contributed by atoms with van der Waals surface area (Å²) in [6, 6.07) is 0. The number of hydrogen-bond donors (Lipinski definition) is 1. The van der Waals surface area contributed by atoms with Crippen LogP contribution in [0.1, 0.15) is 26.1 Å². The van der Waals surface area contributed by atoms with Crippen LogP contribution in [0.4, 0.5) is 5.82 Å². The Morgan fingerprint density at radius 3 is 2.52 bits per heavy atom. The second kappa shape index (κ2) is 8.40. The first-order chi connectivity index (χ1) is 15.1. The molecule has 33 heavy (non-hydrogen) atoms. The quantitative estimate of drug-likeness (QED) is 0.586. The number of hydrogen-bond acceptors (Lipinski definition) is 9. The number of thioether (sulfide) groups is 1. The third-order valence-corrected chi connectivity index (χ3v) is 18.3. The van der Waals surface area contributed by atoms with Crippen molar-refractivity contribution in [1.29, 1.82) is 0 Å². The van der Waals surface area contributed by atoms with Crippen molar-refractivity contribution in [1.82, 2.24) is 19.5 Å². The van der Waals surface area contributed by atoms with Crippen molar-refractivity contribution in [2.75, 3.05) is 12.3 Å². The molecule has 4 rings (SSSR count). The van der Waals surface area contributed by atoms with Gasteiger partial charge in [0.2, 0.25) is 0 Å². The fourth-order valence-electron chi connectivity index (χ4n) is 4.16. The molecule has 0 unspecified atom stereocenters. The average Bonchev–Trinajstić information content (AvgIpc) is 3.20. The second-order valence-corrected chi connectivity index (χ2v) is 24.3. The number of nitrogen functional groups attached to an aromatic ring is 1. The molecule has 2 aromatic rings. The van der Waals surface area contributed by atoms with Crippen molar-refractivity contribution < 1.29 is 17.4 Å². The van der Waals surface area contributed by atoms with E-state index in [-0.39, 0.29) is 27.9 Å². The molecule has 0 radical (unpaired) electrons. The maximum Gasteiger partial charge on any atom is 0.323 e. The summed E-state index contributed by atoms with van der Waals surface area (Å²) in [5.74, 6) is 0.379. The van der Waals surface area contributed by atoms with Crippen LogP contribution in [-0.4, -0.2) is 69.0 Å². The fourth-order valence-corrected chi connectivity index (χ4v) is 14.0. The molecule has 0 saturated carbocycles. The number of imidazole rings is 1. The molecule has 2 saturated heterocycles. The molecular formula is C20H37N5O4SSi3. The summed E-state index contributed by atoms with van der Waals surface area (Å²) in [7, 11) is -6.84. The van der Waals surface area contributed by atoms with Crippen LogP contribution in [0.3, 0.4) is 0 Å². The van der Waals surface area contributed by atoms with Crippen LogP contribution in [0.15, 0.2) is 12.7 Å². The van der Waals surface area contributed by atoms with E-state index in [0.717, 1.165) is 0 Å². The molecule has 0 bridgehead atoms. The maximum absolute atomic E-state index is 7.08. The Morgan fingerprint density at radius 2 is 1.85 bits per heavy atom. The fraction of sp³-hybridized carbons (Fsp3) is 0.750. The van der Waals surface area contributed by atoms with Gasteiger partial charge in [-0.3, -0.25) is 4.57 Å². The van der Waals surface area contributed by atoms with Crippen molar-refractivity contribution in [3.05, 3.63) is 12.7 Å². The van der Waals surface area contributed by atoms with Crippen molar-refractivity contribution in [2.24, 2.45) is 0 Å². The minimum Gasteiger partial charge on any atom is -0.415 e.